The third-order valence-corrected chi connectivity index (χ3v) is 6.47. The normalized spacial score (nSPS) is 19.8. The van der Waals surface area contributed by atoms with Gasteiger partial charge in [-0.05, 0) is 49.4 Å². The van der Waals surface area contributed by atoms with Gasteiger partial charge in [0.25, 0.3) is 5.91 Å². The van der Waals surface area contributed by atoms with Gasteiger partial charge in [0.05, 0.1) is 0 Å². The largest absolute Gasteiger partial charge is 0.460 e. The first-order valence-corrected chi connectivity index (χ1v) is 11.7. The topological polar surface area (TPSA) is 55.4 Å². The Labute approximate surface area is 196 Å². The molecule has 3 atom stereocenters. The molecule has 4 nitrogen and oxygen atoms in total. The molecule has 1 aliphatic rings. The molecule has 0 unspecified atom stereocenters. The molecule has 170 valence electrons. The van der Waals surface area contributed by atoms with Gasteiger partial charge in [0.15, 0.2) is 0 Å². The zero-order valence-electron chi connectivity index (χ0n) is 19.1. The predicted molar refractivity (Wildman–Crippen MR) is 130 cm³/mol. The Hall–Kier alpha value is -3.40. The fraction of sp³-hybridized carbons (Fsp3) is 0.310. The van der Waals surface area contributed by atoms with Crippen LogP contribution < -0.4 is 5.32 Å². The average Bonchev–Trinajstić information content (AvgIpc) is 2.86. The number of hydrogen-bond donors (Lipinski definition) is 1. The van der Waals surface area contributed by atoms with Crippen LogP contribution in [-0.4, -0.2) is 23.5 Å². The lowest BCUT2D eigenvalue weighted by Gasteiger charge is -2.36. The van der Waals surface area contributed by atoms with E-state index in [2.05, 4.69) is 17.4 Å². The summed E-state index contributed by atoms with van der Waals surface area (Å²) in [7, 11) is 0. The molecule has 0 aromatic heterocycles. The van der Waals surface area contributed by atoms with Crippen molar-refractivity contribution < 1.29 is 14.3 Å². The Morgan fingerprint density at radius 1 is 0.848 bits per heavy atom. The van der Waals surface area contributed by atoms with Gasteiger partial charge in [-0.2, -0.15) is 0 Å². The van der Waals surface area contributed by atoms with Gasteiger partial charge in [-0.15, -0.1) is 0 Å². The highest BCUT2D eigenvalue weighted by Crippen LogP contribution is 2.36. The van der Waals surface area contributed by atoms with Gasteiger partial charge >= 0.3 is 5.97 Å². The number of ether oxygens (including phenoxy) is 1. The van der Waals surface area contributed by atoms with Crippen molar-refractivity contribution in [3.8, 4) is 0 Å². The first-order chi connectivity index (χ1) is 16.0. The standard InChI is InChI=1S/C29H31NO3/c1-29(21-22-13-5-2-6-14-22,30-27(31)24-17-9-4-10-18-24)28(32)33-26-20-12-11-19-25(26)23-15-7-3-8-16-23/h2-10,13-18,25-26H,11-12,19-21H2,1H3,(H,30,31)/t25-,26+,29-/m0/s1. The number of hydrogen-bond acceptors (Lipinski definition) is 3. The first-order valence-electron chi connectivity index (χ1n) is 11.7. The molecule has 1 amide bonds. The third-order valence-electron chi connectivity index (χ3n) is 6.47. The van der Waals surface area contributed by atoms with Gasteiger partial charge in [-0.1, -0.05) is 85.3 Å². The van der Waals surface area contributed by atoms with Gasteiger partial charge < -0.3 is 10.1 Å². The van der Waals surface area contributed by atoms with E-state index < -0.39 is 5.54 Å². The van der Waals surface area contributed by atoms with Crippen molar-refractivity contribution in [3.63, 3.8) is 0 Å². The first kappa shape index (κ1) is 22.8. The molecule has 0 saturated heterocycles. The number of carbonyl (C=O) groups excluding carboxylic acids is 2. The summed E-state index contributed by atoms with van der Waals surface area (Å²) < 4.78 is 6.18. The summed E-state index contributed by atoms with van der Waals surface area (Å²) >= 11 is 0. The van der Waals surface area contributed by atoms with Gasteiger partial charge in [-0.25, -0.2) is 4.79 Å². The fourth-order valence-electron chi connectivity index (χ4n) is 4.67. The van der Waals surface area contributed by atoms with Gasteiger partial charge in [0, 0.05) is 17.9 Å². The summed E-state index contributed by atoms with van der Waals surface area (Å²) in [6, 6.07) is 29.0. The summed E-state index contributed by atoms with van der Waals surface area (Å²) in [6.07, 6.45) is 4.14. The monoisotopic (exact) mass is 441 g/mol. The number of amides is 1. The maximum absolute atomic E-state index is 13.6. The average molecular weight is 442 g/mol. The van der Waals surface area contributed by atoms with Gasteiger partial charge in [0.1, 0.15) is 11.6 Å². The predicted octanol–water partition coefficient (Wildman–Crippen LogP) is 5.69. The van der Waals surface area contributed by atoms with Crippen LogP contribution in [0.4, 0.5) is 0 Å². The summed E-state index contributed by atoms with van der Waals surface area (Å²) in [5.41, 5.74) is 1.50. The van der Waals surface area contributed by atoms with Gasteiger partial charge in [-0.3, -0.25) is 4.79 Å². The molecule has 3 aromatic rings. The molecular weight excluding hydrogens is 410 g/mol. The molecule has 33 heavy (non-hydrogen) atoms. The van der Waals surface area contributed by atoms with Crippen LogP contribution in [0, 0.1) is 0 Å². The number of carbonyl (C=O) groups is 2. The second kappa shape index (κ2) is 10.5. The van der Waals surface area contributed by atoms with E-state index in [1.807, 2.05) is 66.7 Å². The molecule has 1 N–H and O–H groups in total. The maximum Gasteiger partial charge on any atom is 0.332 e. The molecule has 4 heteroatoms. The Balaban J connectivity index is 1.57. The van der Waals surface area contributed by atoms with Crippen molar-refractivity contribution >= 4 is 11.9 Å². The second-order valence-electron chi connectivity index (χ2n) is 9.06. The molecule has 1 saturated carbocycles. The smallest absolute Gasteiger partial charge is 0.332 e. The molecule has 3 aromatic carbocycles. The number of nitrogens with one attached hydrogen (secondary N) is 1. The van der Waals surface area contributed by atoms with Crippen molar-refractivity contribution in [2.75, 3.05) is 0 Å². The zero-order valence-corrected chi connectivity index (χ0v) is 19.1. The van der Waals surface area contributed by atoms with Crippen LogP contribution in [-0.2, 0) is 16.0 Å². The number of benzene rings is 3. The molecule has 0 radical (unpaired) electrons. The fourth-order valence-corrected chi connectivity index (χ4v) is 4.67. The van der Waals surface area contributed by atoms with Crippen LogP contribution >= 0.6 is 0 Å². The summed E-state index contributed by atoms with van der Waals surface area (Å²) in [5, 5.41) is 2.99. The van der Waals surface area contributed by atoms with E-state index >= 15 is 0 Å². The summed E-state index contributed by atoms with van der Waals surface area (Å²) in [4.78, 5) is 26.7. The van der Waals surface area contributed by atoms with E-state index in [4.69, 9.17) is 4.74 Å². The Morgan fingerprint density at radius 3 is 2.09 bits per heavy atom. The molecule has 0 bridgehead atoms. The number of esters is 1. The third kappa shape index (κ3) is 5.70. The zero-order chi connectivity index (χ0) is 23.1. The molecule has 0 spiro atoms. The summed E-state index contributed by atoms with van der Waals surface area (Å²) in [5.74, 6) is -0.493. The van der Waals surface area contributed by atoms with Crippen LogP contribution in [0.15, 0.2) is 91.0 Å². The molecule has 1 fully saturated rings. The van der Waals surface area contributed by atoms with Crippen molar-refractivity contribution in [2.45, 2.75) is 56.6 Å². The van der Waals surface area contributed by atoms with Crippen molar-refractivity contribution in [2.24, 2.45) is 0 Å². The SMILES string of the molecule is C[C@@](Cc1ccccc1)(NC(=O)c1ccccc1)C(=O)O[C@@H]1CCCC[C@H]1c1ccccc1. The van der Waals surface area contributed by atoms with E-state index in [1.54, 1.807) is 19.1 Å². The molecular formula is C29H31NO3. The highest BCUT2D eigenvalue weighted by atomic mass is 16.5. The Kier molecular flexibility index (Phi) is 7.23. The lowest BCUT2D eigenvalue weighted by molar-refractivity contribution is -0.158. The lowest BCUT2D eigenvalue weighted by atomic mass is 9.81. The Morgan fingerprint density at radius 2 is 1.42 bits per heavy atom. The second-order valence-corrected chi connectivity index (χ2v) is 9.06. The molecule has 1 aliphatic carbocycles. The highest BCUT2D eigenvalue weighted by molar-refractivity contribution is 5.98. The highest BCUT2D eigenvalue weighted by Gasteiger charge is 2.40. The maximum atomic E-state index is 13.6. The van der Waals surface area contributed by atoms with Crippen LogP contribution in [0.5, 0.6) is 0 Å². The molecule has 0 heterocycles. The van der Waals surface area contributed by atoms with Gasteiger partial charge in [0.2, 0.25) is 0 Å². The molecule has 0 aliphatic heterocycles. The van der Waals surface area contributed by atoms with Crippen LogP contribution in [0.1, 0.15) is 60.0 Å². The van der Waals surface area contributed by atoms with E-state index in [0.717, 1.165) is 31.2 Å². The van der Waals surface area contributed by atoms with E-state index in [0.29, 0.717) is 12.0 Å². The van der Waals surface area contributed by atoms with Crippen molar-refractivity contribution in [1.29, 1.82) is 0 Å². The minimum atomic E-state index is -1.19. The van der Waals surface area contributed by atoms with Crippen LogP contribution in [0.25, 0.3) is 0 Å². The minimum Gasteiger partial charge on any atom is -0.460 e. The van der Waals surface area contributed by atoms with E-state index in [1.165, 1.54) is 5.56 Å². The number of rotatable bonds is 7. The van der Waals surface area contributed by atoms with E-state index in [9.17, 15) is 9.59 Å². The minimum absolute atomic E-state index is 0.176. The van der Waals surface area contributed by atoms with Crippen LogP contribution in [0.2, 0.25) is 0 Å². The quantitative estimate of drug-likeness (QED) is 0.480. The van der Waals surface area contributed by atoms with E-state index in [-0.39, 0.29) is 23.9 Å². The Bertz CT molecular complexity index is 1050. The van der Waals surface area contributed by atoms with Crippen molar-refractivity contribution in [1.82, 2.24) is 5.32 Å². The molecule has 4 rings (SSSR count). The van der Waals surface area contributed by atoms with Crippen molar-refractivity contribution in [3.05, 3.63) is 108 Å². The summed E-state index contributed by atoms with van der Waals surface area (Å²) in [6.45, 7) is 1.77. The van der Waals surface area contributed by atoms with Crippen LogP contribution in [0.3, 0.4) is 0 Å². The lowest BCUT2D eigenvalue weighted by Crippen LogP contribution is -2.55.